The Hall–Kier alpha value is -1.30. The highest BCUT2D eigenvalue weighted by molar-refractivity contribution is 5.69. The summed E-state index contributed by atoms with van der Waals surface area (Å²) in [5.74, 6) is -0.308. The van der Waals surface area contributed by atoms with Gasteiger partial charge in [0, 0.05) is 6.04 Å². The van der Waals surface area contributed by atoms with E-state index < -0.39 is 23.8 Å². The van der Waals surface area contributed by atoms with Crippen molar-refractivity contribution in [3.8, 4) is 0 Å². The van der Waals surface area contributed by atoms with Crippen LogP contribution in [0.3, 0.4) is 0 Å². The van der Waals surface area contributed by atoms with Gasteiger partial charge in [0.15, 0.2) is 0 Å². The number of nitrogens with one attached hydrogen (secondary N) is 1. The molecule has 1 aliphatic carbocycles. The maximum atomic E-state index is 11.7. The Morgan fingerprint density at radius 3 is 2.29 bits per heavy atom. The first-order valence-corrected chi connectivity index (χ1v) is 7.45. The second-order valence-corrected chi connectivity index (χ2v) is 6.61. The monoisotopic (exact) mass is 301 g/mol. The number of hydrogen-bond acceptors (Lipinski definition) is 5. The van der Waals surface area contributed by atoms with Crippen molar-refractivity contribution in [2.24, 2.45) is 5.92 Å². The van der Waals surface area contributed by atoms with E-state index in [-0.39, 0.29) is 18.4 Å². The van der Waals surface area contributed by atoms with Crippen LogP contribution in [0.2, 0.25) is 0 Å². The summed E-state index contributed by atoms with van der Waals surface area (Å²) in [4.78, 5) is 22.8. The van der Waals surface area contributed by atoms with Gasteiger partial charge in [-0.25, -0.2) is 4.79 Å². The van der Waals surface area contributed by atoms with Gasteiger partial charge in [0.25, 0.3) is 0 Å². The minimum Gasteiger partial charge on any atom is -0.469 e. The summed E-state index contributed by atoms with van der Waals surface area (Å²) in [6.45, 7) is 5.48. The molecule has 0 aliphatic heterocycles. The second kappa shape index (κ2) is 7.64. The van der Waals surface area contributed by atoms with Gasteiger partial charge in [-0.05, 0) is 52.4 Å². The molecule has 1 fully saturated rings. The second-order valence-electron chi connectivity index (χ2n) is 6.61. The van der Waals surface area contributed by atoms with E-state index in [9.17, 15) is 14.7 Å². The molecule has 0 bridgehead atoms. The topological polar surface area (TPSA) is 84.9 Å². The fourth-order valence-corrected chi connectivity index (χ4v) is 2.54. The average Bonchev–Trinajstić information content (AvgIpc) is 2.36. The number of carbonyl (C=O) groups excluding carboxylic acids is 2. The fraction of sp³-hybridized carbons (Fsp3) is 0.867. The predicted molar refractivity (Wildman–Crippen MR) is 77.8 cm³/mol. The van der Waals surface area contributed by atoms with Crippen LogP contribution in [0.15, 0.2) is 0 Å². The lowest BCUT2D eigenvalue weighted by Gasteiger charge is -2.32. The van der Waals surface area contributed by atoms with E-state index in [1.807, 2.05) is 20.8 Å². The summed E-state index contributed by atoms with van der Waals surface area (Å²) < 4.78 is 9.78. The van der Waals surface area contributed by atoms with Gasteiger partial charge in [0.05, 0.1) is 19.6 Å². The van der Waals surface area contributed by atoms with E-state index >= 15 is 0 Å². The maximum absolute atomic E-state index is 11.7. The zero-order valence-corrected chi connectivity index (χ0v) is 13.3. The largest absolute Gasteiger partial charge is 0.469 e. The molecule has 6 heteroatoms. The zero-order chi connectivity index (χ0) is 16.0. The first-order chi connectivity index (χ1) is 9.71. The minimum atomic E-state index is -0.667. The molecule has 2 N–H and O–H groups in total. The van der Waals surface area contributed by atoms with Crippen molar-refractivity contribution in [2.45, 2.75) is 70.6 Å². The number of carbonyl (C=O) groups is 2. The van der Waals surface area contributed by atoms with Gasteiger partial charge >= 0.3 is 12.1 Å². The molecule has 1 atom stereocenters. The molecule has 0 aromatic rings. The van der Waals surface area contributed by atoms with Gasteiger partial charge in [-0.15, -0.1) is 0 Å². The molecule has 0 heterocycles. The van der Waals surface area contributed by atoms with Crippen LogP contribution in [0.5, 0.6) is 0 Å². The molecule has 21 heavy (non-hydrogen) atoms. The highest BCUT2D eigenvalue weighted by Gasteiger charge is 2.29. The Balaban J connectivity index is 2.32. The van der Waals surface area contributed by atoms with Crippen molar-refractivity contribution in [2.75, 3.05) is 7.11 Å². The predicted octanol–water partition coefficient (Wildman–Crippen LogP) is 1.99. The van der Waals surface area contributed by atoms with E-state index in [2.05, 4.69) is 10.1 Å². The molecule has 0 radical (unpaired) electrons. The Morgan fingerprint density at radius 1 is 1.24 bits per heavy atom. The van der Waals surface area contributed by atoms with Gasteiger partial charge < -0.3 is 19.9 Å². The van der Waals surface area contributed by atoms with Crippen LogP contribution in [0.1, 0.15) is 52.9 Å². The molecule has 1 rings (SSSR count). The number of esters is 1. The SMILES string of the molecule is COC(=O)CC(O)C1CCC(NC(=O)OC(C)(C)C)CC1. The molecular formula is C15H27NO5. The number of ether oxygens (including phenoxy) is 2. The average molecular weight is 301 g/mol. The Bertz CT molecular complexity index is 356. The summed E-state index contributed by atoms with van der Waals surface area (Å²) in [5.41, 5.74) is -0.502. The van der Waals surface area contributed by atoms with Crippen LogP contribution in [0.4, 0.5) is 4.79 Å². The Morgan fingerprint density at radius 2 is 1.81 bits per heavy atom. The van der Waals surface area contributed by atoms with E-state index in [1.54, 1.807) is 0 Å². The number of aliphatic hydroxyl groups excluding tert-OH is 1. The molecule has 0 spiro atoms. The molecule has 0 aromatic heterocycles. The van der Waals surface area contributed by atoms with Crippen molar-refractivity contribution in [1.29, 1.82) is 0 Å². The lowest BCUT2D eigenvalue weighted by Crippen LogP contribution is -2.42. The third-order valence-corrected chi connectivity index (χ3v) is 3.64. The molecular weight excluding hydrogens is 274 g/mol. The minimum absolute atomic E-state index is 0.0331. The number of hydrogen-bond donors (Lipinski definition) is 2. The number of alkyl carbamates (subject to hydrolysis) is 1. The van der Waals surface area contributed by atoms with E-state index in [4.69, 9.17) is 4.74 Å². The van der Waals surface area contributed by atoms with E-state index in [0.29, 0.717) is 0 Å². The Labute approximate surface area is 126 Å². The first-order valence-electron chi connectivity index (χ1n) is 7.45. The molecule has 0 saturated heterocycles. The van der Waals surface area contributed by atoms with E-state index in [1.165, 1.54) is 7.11 Å². The van der Waals surface area contributed by atoms with Gasteiger partial charge in [0.2, 0.25) is 0 Å². The van der Waals surface area contributed by atoms with Gasteiger partial charge in [0.1, 0.15) is 5.60 Å². The van der Waals surface area contributed by atoms with Crippen LogP contribution in [0.25, 0.3) is 0 Å². The molecule has 1 amide bonds. The van der Waals surface area contributed by atoms with Crippen LogP contribution in [0, 0.1) is 5.92 Å². The van der Waals surface area contributed by atoms with E-state index in [0.717, 1.165) is 25.7 Å². The summed E-state index contributed by atoms with van der Waals surface area (Å²) in [5, 5.41) is 12.8. The standard InChI is InChI=1S/C15H27NO5/c1-15(2,3)21-14(19)16-11-7-5-10(6-8-11)12(17)9-13(18)20-4/h10-12,17H,5-9H2,1-4H3,(H,16,19). The van der Waals surface area contributed by atoms with Crippen LogP contribution in [-0.2, 0) is 14.3 Å². The van der Waals surface area contributed by atoms with Crippen molar-refractivity contribution < 1.29 is 24.2 Å². The van der Waals surface area contributed by atoms with Crippen LogP contribution < -0.4 is 5.32 Å². The van der Waals surface area contributed by atoms with Crippen molar-refractivity contribution >= 4 is 12.1 Å². The third kappa shape index (κ3) is 6.80. The molecule has 1 unspecified atom stereocenters. The molecule has 1 aliphatic rings. The highest BCUT2D eigenvalue weighted by atomic mass is 16.6. The van der Waals surface area contributed by atoms with Crippen molar-refractivity contribution in [3.63, 3.8) is 0 Å². The smallest absolute Gasteiger partial charge is 0.407 e. The summed E-state index contributed by atoms with van der Waals surface area (Å²) >= 11 is 0. The number of aliphatic hydroxyl groups is 1. The molecule has 6 nitrogen and oxygen atoms in total. The number of rotatable bonds is 4. The zero-order valence-electron chi connectivity index (χ0n) is 13.3. The first kappa shape index (κ1) is 17.8. The van der Waals surface area contributed by atoms with Crippen molar-refractivity contribution in [1.82, 2.24) is 5.32 Å². The third-order valence-electron chi connectivity index (χ3n) is 3.64. The van der Waals surface area contributed by atoms with Gasteiger partial charge in [-0.2, -0.15) is 0 Å². The normalized spacial score (nSPS) is 24.0. The number of methoxy groups -OCH3 is 1. The molecule has 0 aromatic carbocycles. The summed E-state index contributed by atoms with van der Waals surface area (Å²) in [7, 11) is 1.32. The van der Waals surface area contributed by atoms with Crippen molar-refractivity contribution in [3.05, 3.63) is 0 Å². The maximum Gasteiger partial charge on any atom is 0.407 e. The van der Waals surface area contributed by atoms with Gasteiger partial charge in [-0.3, -0.25) is 4.79 Å². The summed E-state index contributed by atoms with van der Waals surface area (Å²) in [6, 6.07) is 0.0708. The lowest BCUT2D eigenvalue weighted by atomic mass is 9.82. The quantitative estimate of drug-likeness (QED) is 0.776. The highest BCUT2D eigenvalue weighted by Crippen LogP contribution is 2.28. The van der Waals surface area contributed by atoms with Crippen LogP contribution >= 0.6 is 0 Å². The molecule has 1 saturated carbocycles. The van der Waals surface area contributed by atoms with Gasteiger partial charge in [-0.1, -0.05) is 0 Å². The Kier molecular flexibility index (Phi) is 6.45. The molecule has 122 valence electrons. The summed E-state index contributed by atoms with van der Waals surface area (Å²) in [6.07, 6.45) is 2.08. The van der Waals surface area contributed by atoms with Crippen LogP contribution in [-0.4, -0.2) is 42.0 Å². The lowest BCUT2D eigenvalue weighted by molar-refractivity contribution is -0.143. The number of amides is 1. The fourth-order valence-electron chi connectivity index (χ4n) is 2.54.